The van der Waals surface area contributed by atoms with Gasteiger partial charge in [0.25, 0.3) is 0 Å². The van der Waals surface area contributed by atoms with Crippen LogP contribution in [0.5, 0.6) is 0 Å². The van der Waals surface area contributed by atoms with Crippen molar-refractivity contribution in [2.45, 2.75) is 207 Å². The fourth-order valence-corrected chi connectivity index (χ4v) is 5.98. The SMILES string of the molecule is CC/C=C\C/C=C\C/C=C\C/C=C\CCCCC(=O)OC(COCCCCCCCC)COC(=O)CCCCCCCC/C=C\C/C=C\C/C=C\CCCCC. The molecule has 0 amide bonds. The van der Waals surface area contributed by atoms with Crippen molar-refractivity contribution in [3.8, 4) is 0 Å². The molecule has 0 saturated carbocycles. The van der Waals surface area contributed by atoms with Crippen molar-refractivity contribution in [1.29, 1.82) is 0 Å². The molecule has 0 heterocycles. The van der Waals surface area contributed by atoms with Gasteiger partial charge in [-0.25, -0.2) is 0 Å². The van der Waals surface area contributed by atoms with E-state index < -0.39 is 6.10 Å². The maximum atomic E-state index is 12.7. The molecule has 0 spiro atoms. The number of rotatable bonds is 41. The average Bonchev–Trinajstić information content (AvgIpc) is 3.20. The third kappa shape index (κ3) is 43.8. The van der Waals surface area contributed by atoms with Crippen LogP contribution in [0.25, 0.3) is 0 Å². The Balaban J connectivity index is 4.21. The van der Waals surface area contributed by atoms with E-state index in [1.54, 1.807) is 0 Å². The number of carbonyl (C=O) groups is 2. The molecule has 0 saturated heterocycles. The van der Waals surface area contributed by atoms with Crippen molar-refractivity contribution in [3.05, 3.63) is 85.1 Å². The van der Waals surface area contributed by atoms with E-state index in [0.29, 0.717) is 19.4 Å². The Hall–Kier alpha value is -2.92. The van der Waals surface area contributed by atoms with Crippen molar-refractivity contribution in [3.63, 3.8) is 0 Å². The van der Waals surface area contributed by atoms with Gasteiger partial charge in [0.15, 0.2) is 6.10 Å². The summed E-state index contributed by atoms with van der Waals surface area (Å²) < 4.78 is 17.2. The molecule has 1 unspecified atom stereocenters. The maximum absolute atomic E-state index is 12.7. The van der Waals surface area contributed by atoms with Crippen LogP contribution >= 0.6 is 0 Å². The van der Waals surface area contributed by atoms with E-state index in [2.05, 4.69) is 106 Å². The summed E-state index contributed by atoms with van der Waals surface area (Å²) in [5.41, 5.74) is 0. The van der Waals surface area contributed by atoms with Crippen LogP contribution in [0.2, 0.25) is 0 Å². The third-order valence-corrected chi connectivity index (χ3v) is 9.42. The van der Waals surface area contributed by atoms with E-state index in [1.165, 1.54) is 70.6 Å². The number of allylic oxidation sites excluding steroid dienone is 14. The highest BCUT2D eigenvalue weighted by molar-refractivity contribution is 5.70. The summed E-state index contributed by atoms with van der Waals surface area (Å²) in [5, 5.41) is 0. The lowest BCUT2D eigenvalue weighted by atomic mass is 10.1. The monoisotopic (exact) mass is 779 g/mol. The first-order valence-corrected chi connectivity index (χ1v) is 23.1. The second-order valence-corrected chi connectivity index (χ2v) is 14.9. The predicted molar refractivity (Wildman–Crippen MR) is 242 cm³/mol. The van der Waals surface area contributed by atoms with E-state index >= 15 is 0 Å². The number of esters is 2. The normalized spacial score (nSPS) is 13.0. The van der Waals surface area contributed by atoms with Gasteiger partial charge in [0.1, 0.15) is 6.61 Å². The Bertz CT molecular complexity index is 1060. The maximum Gasteiger partial charge on any atom is 0.306 e. The largest absolute Gasteiger partial charge is 0.462 e. The number of hydrogen-bond acceptors (Lipinski definition) is 5. The zero-order valence-electron chi connectivity index (χ0n) is 36.6. The summed E-state index contributed by atoms with van der Waals surface area (Å²) in [4.78, 5) is 25.2. The molecule has 0 aliphatic heterocycles. The van der Waals surface area contributed by atoms with Gasteiger partial charge in [-0.05, 0) is 96.3 Å². The topological polar surface area (TPSA) is 61.8 Å². The number of carbonyl (C=O) groups excluding carboxylic acids is 2. The number of hydrogen-bond donors (Lipinski definition) is 0. The quantitative estimate of drug-likeness (QED) is 0.0351. The Morgan fingerprint density at radius 1 is 0.411 bits per heavy atom. The second kappa shape index (κ2) is 46.5. The summed E-state index contributed by atoms with van der Waals surface area (Å²) in [6.07, 6.45) is 60.2. The molecule has 0 rings (SSSR count). The molecule has 5 heteroatoms. The molecular weight excluding hydrogens is 693 g/mol. The Kier molecular flexibility index (Phi) is 44.0. The van der Waals surface area contributed by atoms with Gasteiger partial charge >= 0.3 is 11.9 Å². The molecule has 56 heavy (non-hydrogen) atoms. The van der Waals surface area contributed by atoms with Crippen molar-refractivity contribution >= 4 is 11.9 Å². The van der Waals surface area contributed by atoms with E-state index in [4.69, 9.17) is 14.2 Å². The van der Waals surface area contributed by atoms with Gasteiger partial charge in [-0.1, -0.05) is 176 Å². The van der Waals surface area contributed by atoms with Crippen LogP contribution in [0.3, 0.4) is 0 Å². The molecule has 320 valence electrons. The van der Waals surface area contributed by atoms with E-state index in [1.807, 2.05) is 0 Å². The Labute approximate surface area is 346 Å². The average molecular weight is 779 g/mol. The highest BCUT2D eigenvalue weighted by atomic mass is 16.6. The predicted octanol–water partition coefficient (Wildman–Crippen LogP) is 15.3. The molecule has 5 nitrogen and oxygen atoms in total. The highest BCUT2D eigenvalue weighted by Gasteiger charge is 2.17. The van der Waals surface area contributed by atoms with Gasteiger partial charge in [-0.2, -0.15) is 0 Å². The first kappa shape index (κ1) is 53.1. The van der Waals surface area contributed by atoms with E-state index in [-0.39, 0.29) is 25.2 Å². The molecule has 0 aliphatic carbocycles. The molecule has 0 bridgehead atoms. The van der Waals surface area contributed by atoms with Gasteiger partial charge in [-0.3, -0.25) is 9.59 Å². The molecule has 0 aromatic carbocycles. The lowest BCUT2D eigenvalue weighted by Gasteiger charge is -2.18. The number of unbranched alkanes of at least 4 members (excludes halogenated alkanes) is 16. The molecule has 0 aliphatic rings. The molecular formula is C51H86O5. The van der Waals surface area contributed by atoms with Crippen LogP contribution in [-0.2, 0) is 23.8 Å². The van der Waals surface area contributed by atoms with Crippen LogP contribution in [0, 0.1) is 0 Å². The summed E-state index contributed by atoms with van der Waals surface area (Å²) in [6, 6.07) is 0. The van der Waals surface area contributed by atoms with E-state index in [9.17, 15) is 9.59 Å². The van der Waals surface area contributed by atoms with Crippen molar-refractivity contribution in [2.24, 2.45) is 0 Å². The minimum atomic E-state index is -0.562. The van der Waals surface area contributed by atoms with Crippen LogP contribution < -0.4 is 0 Å². The first-order valence-electron chi connectivity index (χ1n) is 23.1. The summed E-state index contributed by atoms with van der Waals surface area (Å²) >= 11 is 0. The van der Waals surface area contributed by atoms with Crippen LogP contribution in [0.15, 0.2) is 85.1 Å². The fourth-order valence-electron chi connectivity index (χ4n) is 5.98. The van der Waals surface area contributed by atoms with Gasteiger partial charge in [-0.15, -0.1) is 0 Å². The molecule has 0 N–H and O–H groups in total. The van der Waals surface area contributed by atoms with Crippen molar-refractivity contribution in [2.75, 3.05) is 19.8 Å². The van der Waals surface area contributed by atoms with Crippen molar-refractivity contribution in [1.82, 2.24) is 0 Å². The van der Waals surface area contributed by atoms with Crippen LogP contribution in [0.4, 0.5) is 0 Å². The van der Waals surface area contributed by atoms with Gasteiger partial charge < -0.3 is 14.2 Å². The summed E-state index contributed by atoms with van der Waals surface area (Å²) in [7, 11) is 0. The molecule has 0 aromatic heterocycles. The smallest absolute Gasteiger partial charge is 0.306 e. The van der Waals surface area contributed by atoms with Crippen LogP contribution in [-0.4, -0.2) is 37.9 Å². The molecule has 0 fully saturated rings. The fraction of sp³-hybridized carbons (Fsp3) is 0.686. The zero-order chi connectivity index (χ0) is 40.7. The molecule has 1 atom stereocenters. The van der Waals surface area contributed by atoms with Gasteiger partial charge in [0.2, 0.25) is 0 Å². The zero-order valence-corrected chi connectivity index (χ0v) is 36.6. The summed E-state index contributed by atoms with van der Waals surface area (Å²) in [5.74, 6) is -0.467. The van der Waals surface area contributed by atoms with Gasteiger partial charge in [0.05, 0.1) is 6.61 Å². The molecule has 0 radical (unpaired) electrons. The second-order valence-electron chi connectivity index (χ2n) is 14.9. The standard InChI is InChI=1S/C51H86O5/c1-4-7-10-13-16-18-20-22-24-25-26-27-29-30-32-34-36-38-41-44-50(52)55-48-49(47-54-46-43-40-15-12-9-6-3)56-51(53)45-42-39-37-35-33-31-28-23-21-19-17-14-11-8-5-2/h8,11,16-19,22-24,26-28,33,35,49H,4-7,9-10,12-15,20-21,25,29-32,34,36-48H2,1-3H3/b11-8-,18-16-,19-17-,24-22-,27-26-,28-23-,35-33-. The minimum absolute atomic E-state index is 0.0580. The van der Waals surface area contributed by atoms with Crippen molar-refractivity contribution < 1.29 is 23.8 Å². The van der Waals surface area contributed by atoms with E-state index in [0.717, 1.165) is 96.3 Å². The molecule has 0 aromatic rings. The highest BCUT2D eigenvalue weighted by Crippen LogP contribution is 2.12. The van der Waals surface area contributed by atoms with Gasteiger partial charge in [0, 0.05) is 19.4 Å². The lowest BCUT2D eigenvalue weighted by Crippen LogP contribution is -2.30. The number of ether oxygens (including phenoxy) is 3. The third-order valence-electron chi connectivity index (χ3n) is 9.42. The Morgan fingerprint density at radius 3 is 1.36 bits per heavy atom. The Morgan fingerprint density at radius 2 is 0.804 bits per heavy atom. The van der Waals surface area contributed by atoms with Crippen LogP contribution in [0.1, 0.15) is 201 Å². The lowest BCUT2D eigenvalue weighted by molar-refractivity contribution is -0.163. The first-order chi connectivity index (χ1) is 27.6. The minimum Gasteiger partial charge on any atom is -0.462 e. The summed E-state index contributed by atoms with van der Waals surface area (Å²) in [6.45, 7) is 7.57.